The van der Waals surface area contributed by atoms with Crippen LogP contribution in [0, 0.1) is 0 Å². The van der Waals surface area contributed by atoms with Gasteiger partial charge in [0, 0.05) is 12.0 Å². The Bertz CT molecular complexity index is 457. The van der Waals surface area contributed by atoms with Crippen LogP contribution in [-0.2, 0) is 6.42 Å². The van der Waals surface area contributed by atoms with Crippen LogP contribution in [0.25, 0.3) is 0 Å². The van der Waals surface area contributed by atoms with Gasteiger partial charge < -0.3 is 10.1 Å². The molecule has 1 fully saturated rings. The van der Waals surface area contributed by atoms with Crippen molar-refractivity contribution in [1.82, 2.24) is 5.32 Å². The molecule has 1 saturated carbocycles. The lowest BCUT2D eigenvalue weighted by molar-refractivity contribution is 0.279. The van der Waals surface area contributed by atoms with Crippen molar-refractivity contribution >= 4 is 0 Å². The topological polar surface area (TPSA) is 21.3 Å². The van der Waals surface area contributed by atoms with Crippen LogP contribution in [0.5, 0.6) is 5.75 Å². The molecule has 2 atom stereocenters. The average molecular weight is 287 g/mol. The third kappa shape index (κ3) is 3.42. The summed E-state index contributed by atoms with van der Waals surface area (Å²) in [6.45, 7) is 4.28. The summed E-state index contributed by atoms with van der Waals surface area (Å²) in [4.78, 5) is 0. The Balaban J connectivity index is 1.88. The molecule has 2 aliphatic rings. The van der Waals surface area contributed by atoms with E-state index in [1.54, 1.807) is 0 Å². The van der Waals surface area contributed by atoms with Gasteiger partial charge in [-0.3, -0.25) is 0 Å². The SMILES string of the molecule is CCCNC1CCCCCC1c1cccc2c1OCCC2. The van der Waals surface area contributed by atoms with Gasteiger partial charge in [-0.1, -0.05) is 44.4 Å². The molecule has 1 aromatic rings. The van der Waals surface area contributed by atoms with Crippen LogP contribution < -0.4 is 10.1 Å². The number of rotatable bonds is 4. The lowest BCUT2D eigenvalue weighted by atomic mass is 9.85. The predicted molar refractivity (Wildman–Crippen MR) is 88.2 cm³/mol. The molecule has 2 heteroatoms. The van der Waals surface area contributed by atoms with E-state index in [0.717, 1.165) is 13.2 Å². The molecular weight excluding hydrogens is 258 g/mol. The Hall–Kier alpha value is -1.02. The van der Waals surface area contributed by atoms with E-state index >= 15 is 0 Å². The van der Waals surface area contributed by atoms with Crippen molar-refractivity contribution in [3.63, 3.8) is 0 Å². The molecule has 1 aliphatic heterocycles. The van der Waals surface area contributed by atoms with Gasteiger partial charge in [0.15, 0.2) is 0 Å². The first-order valence-electron chi connectivity index (χ1n) is 8.88. The molecular formula is C19H29NO. The Morgan fingerprint density at radius 1 is 1.14 bits per heavy atom. The van der Waals surface area contributed by atoms with E-state index in [4.69, 9.17) is 4.74 Å². The normalized spacial score (nSPS) is 25.8. The maximum Gasteiger partial charge on any atom is 0.126 e. The quantitative estimate of drug-likeness (QED) is 0.827. The summed E-state index contributed by atoms with van der Waals surface area (Å²) in [6.07, 6.45) is 10.3. The van der Waals surface area contributed by atoms with Gasteiger partial charge >= 0.3 is 0 Å². The molecule has 21 heavy (non-hydrogen) atoms. The van der Waals surface area contributed by atoms with Crippen molar-refractivity contribution in [3.05, 3.63) is 29.3 Å². The summed E-state index contributed by atoms with van der Waals surface area (Å²) in [5, 5.41) is 3.81. The molecule has 0 saturated heterocycles. The summed E-state index contributed by atoms with van der Waals surface area (Å²) < 4.78 is 6.07. The zero-order valence-electron chi connectivity index (χ0n) is 13.4. The molecule has 1 N–H and O–H groups in total. The number of para-hydroxylation sites is 1. The molecule has 2 nitrogen and oxygen atoms in total. The summed E-state index contributed by atoms with van der Waals surface area (Å²) in [5.74, 6) is 1.85. The van der Waals surface area contributed by atoms with Gasteiger partial charge in [-0.25, -0.2) is 0 Å². The second kappa shape index (κ2) is 7.31. The van der Waals surface area contributed by atoms with E-state index in [1.807, 2.05) is 0 Å². The molecule has 3 rings (SSSR count). The van der Waals surface area contributed by atoms with Crippen LogP contribution in [0.3, 0.4) is 0 Å². The zero-order valence-corrected chi connectivity index (χ0v) is 13.4. The van der Waals surface area contributed by atoms with Crippen molar-refractivity contribution in [2.45, 2.75) is 70.3 Å². The van der Waals surface area contributed by atoms with E-state index in [2.05, 4.69) is 30.4 Å². The Morgan fingerprint density at radius 2 is 2.05 bits per heavy atom. The van der Waals surface area contributed by atoms with E-state index < -0.39 is 0 Å². The van der Waals surface area contributed by atoms with E-state index in [0.29, 0.717) is 12.0 Å². The molecule has 116 valence electrons. The molecule has 2 unspecified atom stereocenters. The smallest absolute Gasteiger partial charge is 0.126 e. The standard InChI is InChI=1S/C19H29NO/c1-2-13-20-18-12-5-3-4-10-16(18)17-11-6-8-15-9-7-14-21-19(15)17/h6,8,11,16,18,20H,2-5,7,9-10,12-14H2,1H3. The summed E-state index contributed by atoms with van der Waals surface area (Å²) in [7, 11) is 0. The summed E-state index contributed by atoms with van der Waals surface area (Å²) in [6, 6.07) is 7.44. The van der Waals surface area contributed by atoms with Gasteiger partial charge in [0.25, 0.3) is 0 Å². The minimum absolute atomic E-state index is 0.629. The van der Waals surface area contributed by atoms with Crippen molar-refractivity contribution in [2.24, 2.45) is 0 Å². The Labute approximate surface area is 129 Å². The first-order valence-corrected chi connectivity index (χ1v) is 8.88. The fourth-order valence-corrected chi connectivity index (χ4v) is 3.96. The van der Waals surface area contributed by atoms with Crippen LogP contribution in [0.1, 0.15) is 68.9 Å². The van der Waals surface area contributed by atoms with Crippen LogP contribution in [0.4, 0.5) is 0 Å². The molecule has 0 spiro atoms. The lowest BCUT2D eigenvalue weighted by Gasteiger charge is -2.30. The minimum Gasteiger partial charge on any atom is -0.493 e. The van der Waals surface area contributed by atoms with Gasteiger partial charge in [0.1, 0.15) is 5.75 Å². The average Bonchev–Trinajstić information content (AvgIpc) is 2.77. The summed E-state index contributed by atoms with van der Waals surface area (Å²) in [5.41, 5.74) is 2.90. The first-order chi connectivity index (χ1) is 10.4. The minimum atomic E-state index is 0.629. The predicted octanol–water partition coefficient (Wildman–Crippen LogP) is 4.43. The number of hydrogen-bond donors (Lipinski definition) is 1. The van der Waals surface area contributed by atoms with E-state index in [9.17, 15) is 0 Å². The van der Waals surface area contributed by atoms with Crippen LogP contribution in [0.2, 0.25) is 0 Å². The highest BCUT2D eigenvalue weighted by molar-refractivity contribution is 5.45. The van der Waals surface area contributed by atoms with Gasteiger partial charge in [-0.2, -0.15) is 0 Å². The fraction of sp³-hybridized carbons (Fsp3) is 0.684. The largest absolute Gasteiger partial charge is 0.493 e. The highest BCUT2D eigenvalue weighted by atomic mass is 16.5. The van der Waals surface area contributed by atoms with Crippen molar-refractivity contribution in [3.8, 4) is 5.75 Å². The molecule has 1 heterocycles. The van der Waals surface area contributed by atoms with Gasteiger partial charge in [0.2, 0.25) is 0 Å². The van der Waals surface area contributed by atoms with Crippen LogP contribution in [-0.4, -0.2) is 19.2 Å². The third-order valence-electron chi connectivity index (χ3n) is 5.04. The van der Waals surface area contributed by atoms with Gasteiger partial charge in [-0.05, 0) is 49.8 Å². The number of aryl methyl sites for hydroxylation is 1. The summed E-state index contributed by atoms with van der Waals surface area (Å²) >= 11 is 0. The van der Waals surface area contributed by atoms with Crippen LogP contribution >= 0.6 is 0 Å². The second-order valence-corrected chi connectivity index (χ2v) is 6.59. The van der Waals surface area contributed by atoms with Crippen LogP contribution in [0.15, 0.2) is 18.2 Å². The highest BCUT2D eigenvalue weighted by Gasteiger charge is 2.28. The maximum atomic E-state index is 6.07. The number of benzene rings is 1. The Morgan fingerprint density at radius 3 is 2.95 bits per heavy atom. The number of fused-ring (bicyclic) bond motifs is 1. The molecule has 0 amide bonds. The fourth-order valence-electron chi connectivity index (χ4n) is 3.96. The monoisotopic (exact) mass is 287 g/mol. The maximum absolute atomic E-state index is 6.07. The van der Waals surface area contributed by atoms with Crippen molar-refractivity contribution in [2.75, 3.05) is 13.2 Å². The van der Waals surface area contributed by atoms with E-state index in [-0.39, 0.29) is 0 Å². The van der Waals surface area contributed by atoms with Crippen molar-refractivity contribution < 1.29 is 4.74 Å². The number of hydrogen-bond acceptors (Lipinski definition) is 2. The molecule has 0 aromatic heterocycles. The number of ether oxygens (including phenoxy) is 1. The second-order valence-electron chi connectivity index (χ2n) is 6.59. The van der Waals surface area contributed by atoms with E-state index in [1.165, 1.54) is 68.2 Å². The molecule has 0 radical (unpaired) electrons. The zero-order chi connectivity index (χ0) is 14.5. The molecule has 1 aromatic carbocycles. The first kappa shape index (κ1) is 14.9. The van der Waals surface area contributed by atoms with Gasteiger partial charge in [-0.15, -0.1) is 0 Å². The van der Waals surface area contributed by atoms with Gasteiger partial charge in [0.05, 0.1) is 6.61 Å². The highest BCUT2D eigenvalue weighted by Crippen LogP contribution is 2.40. The third-order valence-corrected chi connectivity index (χ3v) is 5.04. The number of nitrogens with one attached hydrogen (secondary N) is 1. The molecule has 1 aliphatic carbocycles. The lowest BCUT2D eigenvalue weighted by Crippen LogP contribution is -2.35. The molecule has 0 bridgehead atoms. The van der Waals surface area contributed by atoms with Crippen molar-refractivity contribution in [1.29, 1.82) is 0 Å². The Kier molecular flexibility index (Phi) is 5.18.